The van der Waals surface area contributed by atoms with Gasteiger partial charge in [-0.25, -0.2) is 0 Å². The van der Waals surface area contributed by atoms with Gasteiger partial charge >= 0.3 is 0 Å². The fraction of sp³-hybridized carbons (Fsp3) is 0.385. The lowest BCUT2D eigenvalue weighted by Crippen LogP contribution is -2.50. The molecule has 0 radical (unpaired) electrons. The molecule has 1 aliphatic heterocycles. The highest BCUT2D eigenvalue weighted by atomic mass is 16.5. The van der Waals surface area contributed by atoms with E-state index in [1.54, 1.807) is 29.2 Å². The van der Waals surface area contributed by atoms with E-state index in [4.69, 9.17) is 15.7 Å². The number of carbonyl (C=O) groups is 1. The first-order valence-electron chi connectivity index (χ1n) is 6.25. The van der Waals surface area contributed by atoms with E-state index >= 15 is 0 Å². The molecule has 1 atom stereocenters. The largest absolute Gasteiger partial charge is 0.409 e. The molecule has 2 rings (SSSR count). The molecular formula is C13H17N3O4. The van der Waals surface area contributed by atoms with Crippen molar-refractivity contribution in [2.75, 3.05) is 26.4 Å². The molecule has 7 nitrogen and oxygen atoms in total. The predicted molar refractivity (Wildman–Crippen MR) is 71.7 cm³/mol. The molecule has 4 N–H and O–H groups in total. The molecule has 20 heavy (non-hydrogen) atoms. The van der Waals surface area contributed by atoms with Crippen LogP contribution >= 0.6 is 0 Å². The molecule has 7 heteroatoms. The molecule has 1 fully saturated rings. The summed E-state index contributed by atoms with van der Waals surface area (Å²) in [5.74, 6) is -0.264. The van der Waals surface area contributed by atoms with E-state index in [1.807, 2.05) is 0 Å². The van der Waals surface area contributed by atoms with E-state index in [9.17, 15) is 9.90 Å². The number of aliphatic hydroxyl groups excluding tert-OH is 1. The number of amidine groups is 1. The molecule has 0 aliphatic carbocycles. The fourth-order valence-electron chi connectivity index (χ4n) is 2.11. The number of hydrogen-bond acceptors (Lipinski definition) is 5. The number of carbonyl (C=O) groups excluding carboxylic acids is 1. The SMILES string of the molecule is N/C(=N/O)c1cccc(C(=O)N2CCOCC2CO)c1. The molecule has 1 aliphatic rings. The number of oxime groups is 1. The number of morpholine rings is 1. The standard InChI is InChI=1S/C13H17N3O4/c14-12(15-19)9-2-1-3-10(6-9)13(18)16-4-5-20-8-11(16)7-17/h1-3,6,11,17,19H,4-5,7-8H2,(H2,14,15). The highest BCUT2D eigenvalue weighted by molar-refractivity contribution is 6.01. The van der Waals surface area contributed by atoms with Crippen molar-refractivity contribution in [2.45, 2.75) is 6.04 Å². The highest BCUT2D eigenvalue weighted by Gasteiger charge is 2.27. The van der Waals surface area contributed by atoms with Crippen molar-refractivity contribution >= 4 is 11.7 Å². The normalized spacial score (nSPS) is 19.9. The molecule has 0 spiro atoms. The van der Waals surface area contributed by atoms with Gasteiger partial charge in [-0.15, -0.1) is 0 Å². The van der Waals surface area contributed by atoms with Crippen LogP contribution in [0.15, 0.2) is 29.4 Å². The van der Waals surface area contributed by atoms with Gasteiger partial charge in [0.15, 0.2) is 5.84 Å². The van der Waals surface area contributed by atoms with Crippen LogP contribution in [0.1, 0.15) is 15.9 Å². The van der Waals surface area contributed by atoms with Crippen LogP contribution in [0, 0.1) is 0 Å². The predicted octanol–water partition coefficient (Wildman–Crippen LogP) is -0.386. The van der Waals surface area contributed by atoms with Crippen molar-refractivity contribution in [3.8, 4) is 0 Å². The molecular weight excluding hydrogens is 262 g/mol. The Morgan fingerprint density at radius 2 is 2.25 bits per heavy atom. The third-order valence-electron chi connectivity index (χ3n) is 3.21. The Balaban J connectivity index is 2.24. The molecule has 108 valence electrons. The van der Waals surface area contributed by atoms with Gasteiger partial charge in [0, 0.05) is 17.7 Å². The van der Waals surface area contributed by atoms with Gasteiger partial charge in [0.2, 0.25) is 0 Å². The maximum absolute atomic E-state index is 12.4. The van der Waals surface area contributed by atoms with Crippen molar-refractivity contribution < 1.29 is 19.8 Å². The minimum atomic E-state index is -0.344. The summed E-state index contributed by atoms with van der Waals surface area (Å²) < 4.78 is 5.24. The number of ether oxygens (including phenoxy) is 1. The van der Waals surface area contributed by atoms with Crippen molar-refractivity contribution in [1.82, 2.24) is 4.90 Å². The van der Waals surface area contributed by atoms with Crippen LogP contribution in [0.2, 0.25) is 0 Å². The Kier molecular flexibility index (Phi) is 4.54. The molecule has 1 unspecified atom stereocenters. The van der Waals surface area contributed by atoms with Gasteiger partial charge in [0.05, 0.1) is 25.9 Å². The Labute approximate surface area is 116 Å². The van der Waals surface area contributed by atoms with E-state index < -0.39 is 0 Å². The first-order chi connectivity index (χ1) is 9.67. The number of rotatable bonds is 3. The minimum absolute atomic E-state index is 0.0552. The second-order valence-corrected chi connectivity index (χ2v) is 4.48. The van der Waals surface area contributed by atoms with Crippen molar-refractivity contribution in [1.29, 1.82) is 0 Å². The van der Waals surface area contributed by atoms with Crippen molar-refractivity contribution in [3.05, 3.63) is 35.4 Å². The zero-order valence-corrected chi connectivity index (χ0v) is 10.9. The van der Waals surface area contributed by atoms with Crippen LogP contribution in [0.25, 0.3) is 0 Å². The van der Waals surface area contributed by atoms with E-state index in [-0.39, 0.29) is 24.4 Å². The van der Waals surface area contributed by atoms with Gasteiger partial charge < -0.3 is 25.7 Å². The van der Waals surface area contributed by atoms with Crippen molar-refractivity contribution in [2.24, 2.45) is 10.9 Å². The molecule has 0 saturated carbocycles. The summed E-state index contributed by atoms with van der Waals surface area (Å²) in [4.78, 5) is 14.0. The second kappa shape index (κ2) is 6.36. The molecule has 1 aromatic carbocycles. The highest BCUT2D eigenvalue weighted by Crippen LogP contribution is 2.14. The van der Waals surface area contributed by atoms with Crippen LogP contribution in [0.5, 0.6) is 0 Å². The average Bonchev–Trinajstić information content (AvgIpc) is 2.53. The van der Waals surface area contributed by atoms with Crippen LogP contribution < -0.4 is 5.73 Å². The third kappa shape index (κ3) is 2.89. The Hall–Kier alpha value is -2.12. The van der Waals surface area contributed by atoms with Crippen LogP contribution in [0.3, 0.4) is 0 Å². The lowest BCUT2D eigenvalue weighted by molar-refractivity contribution is -0.0183. The molecule has 1 saturated heterocycles. The molecule has 0 bridgehead atoms. The van der Waals surface area contributed by atoms with E-state index in [1.165, 1.54) is 0 Å². The summed E-state index contributed by atoms with van der Waals surface area (Å²) >= 11 is 0. The third-order valence-corrected chi connectivity index (χ3v) is 3.21. The van der Waals surface area contributed by atoms with Gasteiger partial charge in [-0.3, -0.25) is 4.79 Å². The summed E-state index contributed by atoms with van der Waals surface area (Å²) in [5, 5.41) is 20.9. The van der Waals surface area contributed by atoms with Gasteiger partial charge in [-0.1, -0.05) is 17.3 Å². The zero-order valence-electron chi connectivity index (χ0n) is 10.9. The van der Waals surface area contributed by atoms with Gasteiger partial charge in [0.25, 0.3) is 5.91 Å². The second-order valence-electron chi connectivity index (χ2n) is 4.48. The van der Waals surface area contributed by atoms with Crippen LogP contribution in [0.4, 0.5) is 0 Å². The number of hydrogen-bond donors (Lipinski definition) is 3. The Morgan fingerprint density at radius 1 is 1.50 bits per heavy atom. The number of amides is 1. The van der Waals surface area contributed by atoms with Gasteiger partial charge in [0.1, 0.15) is 0 Å². The van der Waals surface area contributed by atoms with Gasteiger partial charge in [-0.2, -0.15) is 0 Å². The Bertz CT molecular complexity index is 518. The summed E-state index contributed by atoms with van der Waals surface area (Å²) in [5.41, 5.74) is 6.40. The number of benzene rings is 1. The summed E-state index contributed by atoms with van der Waals surface area (Å²) in [7, 11) is 0. The van der Waals surface area contributed by atoms with E-state index in [0.717, 1.165) is 0 Å². The van der Waals surface area contributed by atoms with E-state index in [2.05, 4.69) is 5.16 Å². The average molecular weight is 279 g/mol. The molecule has 0 aromatic heterocycles. The maximum Gasteiger partial charge on any atom is 0.254 e. The molecule has 1 aromatic rings. The monoisotopic (exact) mass is 279 g/mol. The van der Waals surface area contributed by atoms with Gasteiger partial charge in [-0.05, 0) is 12.1 Å². The number of nitrogens with zero attached hydrogens (tertiary/aromatic N) is 2. The van der Waals surface area contributed by atoms with E-state index in [0.29, 0.717) is 30.9 Å². The zero-order chi connectivity index (χ0) is 14.5. The van der Waals surface area contributed by atoms with Crippen LogP contribution in [-0.2, 0) is 4.74 Å². The number of nitrogens with two attached hydrogens (primary N) is 1. The number of aliphatic hydroxyl groups is 1. The minimum Gasteiger partial charge on any atom is -0.409 e. The van der Waals surface area contributed by atoms with Crippen molar-refractivity contribution in [3.63, 3.8) is 0 Å². The molecule has 1 heterocycles. The summed E-state index contributed by atoms with van der Waals surface area (Å²) in [6.07, 6.45) is 0. The summed E-state index contributed by atoms with van der Waals surface area (Å²) in [6, 6.07) is 6.18. The van der Waals surface area contributed by atoms with Crippen LogP contribution in [-0.4, -0.2) is 59.4 Å². The Morgan fingerprint density at radius 3 is 2.95 bits per heavy atom. The fourth-order valence-corrected chi connectivity index (χ4v) is 2.11. The summed E-state index contributed by atoms with van der Waals surface area (Å²) in [6.45, 7) is 1.05. The molecule has 1 amide bonds. The topological polar surface area (TPSA) is 108 Å². The smallest absolute Gasteiger partial charge is 0.254 e. The first-order valence-corrected chi connectivity index (χ1v) is 6.25. The lowest BCUT2D eigenvalue weighted by atomic mass is 10.1. The quantitative estimate of drug-likeness (QED) is 0.302. The maximum atomic E-state index is 12.4. The lowest BCUT2D eigenvalue weighted by Gasteiger charge is -2.34. The first kappa shape index (κ1) is 14.3.